The average molecular weight is 270 g/mol. The third kappa shape index (κ3) is 2.85. The molecule has 1 aromatic carbocycles. The van der Waals surface area contributed by atoms with Crippen LogP contribution in [0.3, 0.4) is 0 Å². The molecule has 20 heavy (non-hydrogen) atoms. The van der Waals surface area contributed by atoms with Gasteiger partial charge < -0.3 is 14.8 Å². The van der Waals surface area contributed by atoms with E-state index < -0.39 is 0 Å². The molecule has 0 unspecified atom stereocenters. The molecule has 0 aliphatic carbocycles. The summed E-state index contributed by atoms with van der Waals surface area (Å²) in [5.74, 6) is 0.657. The van der Waals surface area contributed by atoms with E-state index in [4.69, 9.17) is 0 Å². The van der Waals surface area contributed by atoms with Crippen LogP contribution in [0.2, 0.25) is 0 Å². The highest BCUT2D eigenvalue weighted by Gasteiger charge is 2.21. The molecule has 2 aromatic rings. The molecule has 1 aromatic heterocycles. The zero-order valence-corrected chi connectivity index (χ0v) is 12.0. The summed E-state index contributed by atoms with van der Waals surface area (Å²) in [5.41, 5.74) is 2.66. The van der Waals surface area contributed by atoms with Gasteiger partial charge in [0.25, 0.3) is 0 Å². The molecule has 4 heteroatoms. The molecule has 4 nitrogen and oxygen atoms in total. The van der Waals surface area contributed by atoms with Crippen LogP contribution in [0.1, 0.15) is 18.0 Å². The number of nitrogens with zero attached hydrogens (tertiary/aromatic N) is 3. The SMILES string of the molecule is CN(CCCn1cncc1C1CNC1)c1ccccc1. The summed E-state index contributed by atoms with van der Waals surface area (Å²) in [5, 5.41) is 3.32. The highest BCUT2D eigenvalue weighted by atomic mass is 15.1. The normalized spacial score (nSPS) is 15.1. The summed E-state index contributed by atoms with van der Waals surface area (Å²) in [4.78, 5) is 6.61. The lowest BCUT2D eigenvalue weighted by atomic mass is 10.00. The first-order chi connectivity index (χ1) is 9.84. The molecule has 0 spiro atoms. The van der Waals surface area contributed by atoms with E-state index >= 15 is 0 Å². The molecule has 1 aliphatic heterocycles. The largest absolute Gasteiger partial charge is 0.375 e. The number of aryl methyl sites for hydroxylation is 1. The second kappa shape index (κ2) is 6.09. The van der Waals surface area contributed by atoms with Gasteiger partial charge in [-0.05, 0) is 18.6 Å². The molecule has 1 saturated heterocycles. The summed E-state index contributed by atoms with van der Waals surface area (Å²) in [6, 6.07) is 10.5. The third-order valence-electron chi connectivity index (χ3n) is 4.03. The topological polar surface area (TPSA) is 33.1 Å². The van der Waals surface area contributed by atoms with Gasteiger partial charge in [-0.25, -0.2) is 4.98 Å². The Kier molecular flexibility index (Phi) is 4.02. The van der Waals surface area contributed by atoms with E-state index in [9.17, 15) is 0 Å². The maximum Gasteiger partial charge on any atom is 0.0948 e. The molecule has 0 radical (unpaired) electrons. The van der Waals surface area contributed by atoms with Gasteiger partial charge in [0.2, 0.25) is 0 Å². The minimum Gasteiger partial charge on any atom is -0.375 e. The standard InChI is InChI=1S/C16H22N4/c1-19(15-6-3-2-4-7-15)8-5-9-20-13-18-12-16(20)14-10-17-11-14/h2-4,6-7,12-14,17H,5,8-11H2,1H3. The number of benzene rings is 1. The summed E-state index contributed by atoms with van der Waals surface area (Å²) < 4.78 is 2.31. The predicted octanol–water partition coefficient (Wildman–Crippen LogP) is 2.10. The van der Waals surface area contributed by atoms with Crippen LogP contribution in [-0.4, -0.2) is 36.2 Å². The van der Waals surface area contributed by atoms with Crippen molar-refractivity contribution in [2.24, 2.45) is 0 Å². The molecule has 0 saturated carbocycles. The minimum atomic E-state index is 0.657. The lowest BCUT2D eigenvalue weighted by molar-refractivity contribution is 0.421. The van der Waals surface area contributed by atoms with E-state index in [1.165, 1.54) is 11.4 Å². The second-order valence-corrected chi connectivity index (χ2v) is 5.48. The quantitative estimate of drug-likeness (QED) is 0.872. The molecule has 1 aliphatic rings. The molecule has 3 rings (SSSR count). The zero-order chi connectivity index (χ0) is 13.8. The fourth-order valence-corrected chi connectivity index (χ4v) is 2.65. The van der Waals surface area contributed by atoms with Crippen LogP contribution < -0.4 is 10.2 Å². The Morgan fingerprint density at radius 2 is 2.10 bits per heavy atom. The molecule has 1 N–H and O–H groups in total. The van der Waals surface area contributed by atoms with Gasteiger partial charge in [0.1, 0.15) is 0 Å². The van der Waals surface area contributed by atoms with Gasteiger partial charge in [0, 0.05) is 56.7 Å². The Morgan fingerprint density at radius 3 is 2.80 bits per heavy atom. The molecule has 106 valence electrons. The fraction of sp³-hybridized carbons (Fsp3) is 0.438. The monoisotopic (exact) mass is 270 g/mol. The van der Waals surface area contributed by atoms with Gasteiger partial charge in [-0.15, -0.1) is 0 Å². The summed E-state index contributed by atoms with van der Waals surface area (Å²) >= 11 is 0. The summed E-state index contributed by atoms with van der Waals surface area (Å²) in [6.07, 6.45) is 5.12. The van der Waals surface area contributed by atoms with Gasteiger partial charge in [0.05, 0.1) is 6.33 Å². The van der Waals surface area contributed by atoms with Crippen LogP contribution in [0.15, 0.2) is 42.9 Å². The number of hydrogen-bond acceptors (Lipinski definition) is 3. The molecule has 1 fully saturated rings. The van der Waals surface area contributed by atoms with Crippen molar-refractivity contribution < 1.29 is 0 Å². The first kappa shape index (κ1) is 13.2. The number of aromatic nitrogens is 2. The molecule has 0 atom stereocenters. The van der Waals surface area contributed by atoms with Crippen molar-refractivity contribution in [3.63, 3.8) is 0 Å². The van der Waals surface area contributed by atoms with Gasteiger partial charge in [-0.3, -0.25) is 0 Å². The van der Waals surface area contributed by atoms with Crippen molar-refractivity contribution in [3.05, 3.63) is 48.5 Å². The summed E-state index contributed by atoms with van der Waals surface area (Å²) in [6.45, 7) is 4.29. The van der Waals surface area contributed by atoms with Crippen LogP contribution in [0, 0.1) is 0 Å². The van der Waals surface area contributed by atoms with E-state index in [0.717, 1.165) is 32.6 Å². The fourth-order valence-electron chi connectivity index (χ4n) is 2.65. The predicted molar refractivity (Wildman–Crippen MR) is 82.2 cm³/mol. The highest BCUT2D eigenvalue weighted by Crippen LogP contribution is 2.19. The smallest absolute Gasteiger partial charge is 0.0948 e. The molecule has 0 bridgehead atoms. The zero-order valence-electron chi connectivity index (χ0n) is 12.0. The Labute approximate surface area is 120 Å². The number of hydrogen-bond donors (Lipinski definition) is 1. The van der Waals surface area contributed by atoms with Crippen LogP contribution in [0.25, 0.3) is 0 Å². The van der Waals surface area contributed by atoms with Crippen molar-refractivity contribution in [1.29, 1.82) is 0 Å². The third-order valence-corrected chi connectivity index (χ3v) is 4.03. The summed E-state index contributed by atoms with van der Waals surface area (Å²) in [7, 11) is 2.15. The van der Waals surface area contributed by atoms with E-state index in [1.807, 2.05) is 12.5 Å². The first-order valence-electron chi connectivity index (χ1n) is 7.31. The maximum absolute atomic E-state index is 4.30. The van der Waals surface area contributed by atoms with E-state index in [-0.39, 0.29) is 0 Å². The maximum atomic E-state index is 4.30. The van der Waals surface area contributed by atoms with Gasteiger partial charge in [-0.1, -0.05) is 18.2 Å². The van der Waals surface area contributed by atoms with Gasteiger partial charge in [0.15, 0.2) is 0 Å². The van der Waals surface area contributed by atoms with Crippen molar-refractivity contribution in [2.45, 2.75) is 18.9 Å². The van der Waals surface area contributed by atoms with E-state index in [0.29, 0.717) is 5.92 Å². The lowest BCUT2D eigenvalue weighted by Crippen LogP contribution is -2.40. The molecular formula is C16H22N4. The lowest BCUT2D eigenvalue weighted by Gasteiger charge is -2.28. The molecule has 2 heterocycles. The van der Waals surface area contributed by atoms with Crippen molar-refractivity contribution >= 4 is 5.69 Å². The van der Waals surface area contributed by atoms with Gasteiger partial charge in [-0.2, -0.15) is 0 Å². The number of nitrogens with one attached hydrogen (secondary N) is 1. The Hall–Kier alpha value is -1.81. The van der Waals surface area contributed by atoms with Crippen LogP contribution >= 0.6 is 0 Å². The van der Waals surface area contributed by atoms with E-state index in [2.05, 4.69) is 57.1 Å². The first-order valence-corrected chi connectivity index (χ1v) is 7.31. The Balaban J connectivity index is 1.51. The highest BCUT2D eigenvalue weighted by molar-refractivity contribution is 5.44. The Morgan fingerprint density at radius 1 is 1.30 bits per heavy atom. The number of imidazole rings is 1. The Bertz CT molecular complexity index is 530. The van der Waals surface area contributed by atoms with Crippen LogP contribution in [-0.2, 0) is 6.54 Å². The van der Waals surface area contributed by atoms with Crippen LogP contribution in [0.5, 0.6) is 0 Å². The minimum absolute atomic E-state index is 0.657. The molecule has 0 amide bonds. The van der Waals surface area contributed by atoms with E-state index in [1.54, 1.807) is 0 Å². The van der Waals surface area contributed by atoms with Crippen molar-refractivity contribution in [1.82, 2.24) is 14.9 Å². The van der Waals surface area contributed by atoms with Gasteiger partial charge >= 0.3 is 0 Å². The number of anilines is 1. The molecular weight excluding hydrogens is 248 g/mol. The van der Waals surface area contributed by atoms with Crippen LogP contribution in [0.4, 0.5) is 5.69 Å². The number of para-hydroxylation sites is 1. The average Bonchev–Trinajstić information content (AvgIpc) is 2.86. The number of rotatable bonds is 6. The van der Waals surface area contributed by atoms with Crippen molar-refractivity contribution in [3.8, 4) is 0 Å². The van der Waals surface area contributed by atoms with Crippen molar-refractivity contribution in [2.75, 3.05) is 31.6 Å². The second-order valence-electron chi connectivity index (χ2n) is 5.48.